The maximum atomic E-state index is 8.39. The summed E-state index contributed by atoms with van der Waals surface area (Å²) in [4.78, 5) is 0. The van der Waals surface area contributed by atoms with Gasteiger partial charge in [-0.15, -0.1) is 0 Å². The fraction of sp³-hybridized carbons (Fsp3) is 0.111. The molecular formula is C9H6N2O. The van der Waals surface area contributed by atoms with Crippen molar-refractivity contribution in [3.63, 3.8) is 0 Å². The molecule has 12 heavy (non-hydrogen) atoms. The molecule has 1 rings (SSSR count). The lowest BCUT2D eigenvalue weighted by Crippen LogP contribution is -1.95. The summed E-state index contributed by atoms with van der Waals surface area (Å²) in [7, 11) is 0. The van der Waals surface area contributed by atoms with Crippen LogP contribution in [0.15, 0.2) is 35.8 Å². The Labute approximate surface area is 70.5 Å². The average molecular weight is 158 g/mol. The molecule has 3 heteroatoms. The van der Waals surface area contributed by atoms with Crippen molar-refractivity contribution >= 4 is 0 Å². The van der Waals surface area contributed by atoms with E-state index in [1.807, 2.05) is 12.1 Å². The van der Waals surface area contributed by atoms with Crippen LogP contribution >= 0.6 is 0 Å². The molecule has 1 heterocycles. The lowest BCUT2D eigenvalue weighted by atomic mass is 10.1. The molecule has 58 valence electrons. The minimum Gasteiger partial charge on any atom is -0.464 e. The standard InChI is InChI=1S/C9H6N2O/c10-5-3-8-2-1-7-12-9(8)4-6-11/h1,3-4,7H,2H2. The lowest BCUT2D eigenvalue weighted by Gasteiger charge is -2.11. The second-order valence-corrected chi connectivity index (χ2v) is 2.13. The van der Waals surface area contributed by atoms with Crippen molar-refractivity contribution in [3.8, 4) is 12.1 Å². The molecule has 0 aromatic rings. The first kappa shape index (κ1) is 8.10. The zero-order chi connectivity index (χ0) is 8.81. The van der Waals surface area contributed by atoms with E-state index in [2.05, 4.69) is 0 Å². The summed E-state index contributed by atoms with van der Waals surface area (Å²) in [5, 5.41) is 16.8. The molecule has 0 unspecified atom stereocenters. The fourth-order valence-corrected chi connectivity index (χ4v) is 0.866. The topological polar surface area (TPSA) is 56.8 Å². The summed E-state index contributed by atoms with van der Waals surface area (Å²) in [6.45, 7) is 0. The van der Waals surface area contributed by atoms with E-state index >= 15 is 0 Å². The molecule has 0 N–H and O–H groups in total. The van der Waals surface area contributed by atoms with E-state index in [1.54, 1.807) is 6.08 Å². The van der Waals surface area contributed by atoms with E-state index < -0.39 is 0 Å². The first-order valence-electron chi connectivity index (χ1n) is 3.39. The smallest absolute Gasteiger partial charge is 0.141 e. The van der Waals surface area contributed by atoms with Gasteiger partial charge in [-0.2, -0.15) is 10.5 Å². The van der Waals surface area contributed by atoms with Gasteiger partial charge in [0.25, 0.3) is 0 Å². The van der Waals surface area contributed by atoms with Gasteiger partial charge in [0.1, 0.15) is 5.76 Å². The van der Waals surface area contributed by atoms with Gasteiger partial charge in [0.2, 0.25) is 0 Å². The van der Waals surface area contributed by atoms with E-state index in [-0.39, 0.29) is 0 Å². The minimum atomic E-state index is 0.460. The molecule has 0 radical (unpaired) electrons. The molecule has 0 atom stereocenters. The molecule has 1 aliphatic heterocycles. The van der Waals surface area contributed by atoms with Gasteiger partial charge in [-0.05, 0) is 12.5 Å². The molecule has 3 nitrogen and oxygen atoms in total. The summed E-state index contributed by atoms with van der Waals surface area (Å²) in [5.74, 6) is 0.460. The third-order valence-electron chi connectivity index (χ3n) is 1.38. The Morgan fingerprint density at radius 1 is 1.33 bits per heavy atom. The highest BCUT2D eigenvalue weighted by molar-refractivity contribution is 5.36. The summed E-state index contributed by atoms with van der Waals surface area (Å²) < 4.78 is 5.02. The predicted molar refractivity (Wildman–Crippen MR) is 42.2 cm³/mol. The van der Waals surface area contributed by atoms with Crippen LogP contribution in [0.25, 0.3) is 0 Å². The second-order valence-electron chi connectivity index (χ2n) is 2.13. The molecule has 0 spiro atoms. The summed E-state index contributed by atoms with van der Waals surface area (Å²) in [6, 6.07) is 3.75. The Morgan fingerprint density at radius 3 is 2.75 bits per heavy atom. The molecule has 1 aliphatic rings. The van der Waals surface area contributed by atoms with Crippen molar-refractivity contribution < 1.29 is 4.74 Å². The van der Waals surface area contributed by atoms with Gasteiger partial charge in [0, 0.05) is 11.6 Å². The molecular weight excluding hydrogens is 152 g/mol. The summed E-state index contributed by atoms with van der Waals surface area (Å²) in [6.07, 6.45) is 6.61. The van der Waals surface area contributed by atoms with Crippen LogP contribution in [0.4, 0.5) is 0 Å². The highest BCUT2D eigenvalue weighted by Crippen LogP contribution is 2.20. The third-order valence-corrected chi connectivity index (χ3v) is 1.38. The monoisotopic (exact) mass is 158 g/mol. The van der Waals surface area contributed by atoms with Crippen LogP contribution < -0.4 is 0 Å². The summed E-state index contributed by atoms with van der Waals surface area (Å²) in [5.41, 5.74) is 0.738. The Hall–Kier alpha value is -2.00. The predicted octanol–water partition coefficient (Wildman–Crippen LogP) is 1.78. The van der Waals surface area contributed by atoms with Crippen LogP contribution in [0.2, 0.25) is 0 Å². The van der Waals surface area contributed by atoms with Crippen molar-refractivity contribution in [3.05, 3.63) is 35.8 Å². The second kappa shape index (κ2) is 4.00. The minimum absolute atomic E-state index is 0.460. The number of hydrogen-bond donors (Lipinski definition) is 0. The zero-order valence-electron chi connectivity index (χ0n) is 6.32. The maximum Gasteiger partial charge on any atom is 0.141 e. The van der Waals surface area contributed by atoms with Crippen LogP contribution in [0.1, 0.15) is 6.42 Å². The van der Waals surface area contributed by atoms with Gasteiger partial charge in [0.05, 0.1) is 24.5 Å². The molecule has 0 fully saturated rings. The van der Waals surface area contributed by atoms with Crippen molar-refractivity contribution in [2.45, 2.75) is 6.42 Å². The molecule has 0 saturated heterocycles. The Bertz CT molecular complexity index is 303. The molecule has 0 aliphatic carbocycles. The normalized spacial score (nSPS) is 21.5. The highest BCUT2D eigenvalue weighted by Gasteiger charge is 2.07. The van der Waals surface area contributed by atoms with E-state index in [0.29, 0.717) is 12.2 Å². The van der Waals surface area contributed by atoms with E-state index in [1.165, 1.54) is 18.4 Å². The van der Waals surface area contributed by atoms with Gasteiger partial charge >= 0.3 is 0 Å². The van der Waals surface area contributed by atoms with Crippen molar-refractivity contribution in [2.24, 2.45) is 0 Å². The molecule has 0 bridgehead atoms. The van der Waals surface area contributed by atoms with Crippen LogP contribution in [0.5, 0.6) is 0 Å². The lowest BCUT2D eigenvalue weighted by molar-refractivity contribution is 0.349. The van der Waals surface area contributed by atoms with Crippen molar-refractivity contribution in [1.82, 2.24) is 0 Å². The number of ether oxygens (including phenoxy) is 1. The van der Waals surface area contributed by atoms with Crippen molar-refractivity contribution in [1.29, 1.82) is 10.5 Å². The largest absolute Gasteiger partial charge is 0.464 e. The Balaban J connectivity index is 2.95. The van der Waals surface area contributed by atoms with Crippen LogP contribution in [-0.4, -0.2) is 0 Å². The molecule has 0 aromatic heterocycles. The SMILES string of the molecule is N#CC=C1CC=COC1=CC#N. The number of allylic oxidation sites excluding steroid dienone is 4. The zero-order valence-corrected chi connectivity index (χ0v) is 6.32. The maximum absolute atomic E-state index is 8.39. The van der Waals surface area contributed by atoms with Gasteiger partial charge in [-0.1, -0.05) is 0 Å². The first-order valence-corrected chi connectivity index (χ1v) is 3.39. The number of nitriles is 2. The Morgan fingerprint density at radius 2 is 2.08 bits per heavy atom. The number of rotatable bonds is 0. The number of hydrogen-bond acceptors (Lipinski definition) is 3. The Kier molecular flexibility index (Phi) is 2.70. The third kappa shape index (κ3) is 1.74. The van der Waals surface area contributed by atoms with Gasteiger partial charge in [0.15, 0.2) is 0 Å². The van der Waals surface area contributed by atoms with E-state index in [9.17, 15) is 0 Å². The molecule has 0 amide bonds. The fourth-order valence-electron chi connectivity index (χ4n) is 0.866. The molecule has 0 saturated carbocycles. The van der Waals surface area contributed by atoms with E-state index in [0.717, 1.165) is 5.57 Å². The quantitative estimate of drug-likeness (QED) is 0.505. The van der Waals surface area contributed by atoms with Gasteiger partial charge in [-0.25, -0.2) is 0 Å². The van der Waals surface area contributed by atoms with Crippen LogP contribution in [0.3, 0.4) is 0 Å². The number of nitrogens with zero attached hydrogens (tertiary/aromatic N) is 2. The van der Waals surface area contributed by atoms with E-state index in [4.69, 9.17) is 15.3 Å². The highest BCUT2D eigenvalue weighted by atomic mass is 16.5. The first-order chi connectivity index (χ1) is 5.88. The molecule has 0 aromatic carbocycles. The van der Waals surface area contributed by atoms with Gasteiger partial charge < -0.3 is 4.74 Å². The summed E-state index contributed by atoms with van der Waals surface area (Å²) >= 11 is 0. The average Bonchev–Trinajstić information content (AvgIpc) is 2.09. The van der Waals surface area contributed by atoms with Crippen molar-refractivity contribution in [2.75, 3.05) is 0 Å². The van der Waals surface area contributed by atoms with Crippen LogP contribution in [-0.2, 0) is 4.74 Å². The van der Waals surface area contributed by atoms with Crippen LogP contribution in [0, 0.1) is 22.7 Å². The van der Waals surface area contributed by atoms with Gasteiger partial charge in [-0.3, -0.25) is 0 Å².